The molecule has 0 unspecified atom stereocenters. The van der Waals surface area contributed by atoms with Gasteiger partial charge in [-0.25, -0.2) is 0 Å². The normalized spacial score (nSPS) is 9.84. The zero-order chi connectivity index (χ0) is 13.7. The fourth-order valence-electron chi connectivity index (χ4n) is 1.58. The minimum atomic E-state index is -0.576. The van der Waals surface area contributed by atoms with Gasteiger partial charge >= 0.3 is 5.69 Å². The van der Waals surface area contributed by atoms with Crippen molar-refractivity contribution in [2.45, 2.75) is 6.42 Å². The molecular weight excluding hydrogens is 250 g/mol. The molecule has 0 aliphatic heterocycles. The van der Waals surface area contributed by atoms with Gasteiger partial charge in [-0.1, -0.05) is 11.2 Å². The second-order valence-corrected chi connectivity index (χ2v) is 3.58. The number of para-hydroxylation sites is 1. The number of benzene rings is 1. The van der Waals surface area contributed by atoms with Gasteiger partial charge in [-0.2, -0.15) is 10.2 Å². The molecule has 19 heavy (non-hydrogen) atoms. The molecular formula is C11H9N5O3. The van der Waals surface area contributed by atoms with E-state index in [0.29, 0.717) is 24.5 Å². The topological polar surface area (TPSA) is 118 Å². The molecule has 2 rings (SSSR count). The Morgan fingerprint density at radius 2 is 2.37 bits per heavy atom. The molecule has 0 amide bonds. The lowest BCUT2D eigenvalue weighted by Crippen LogP contribution is -2.07. The fourth-order valence-corrected chi connectivity index (χ4v) is 1.58. The lowest BCUT2D eigenvalue weighted by molar-refractivity contribution is -0.384. The van der Waals surface area contributed by atoms with E-state index in [-0.39, 0.29) is 11.3 Å². The van der Waals surface area contributed by atoms with Crippen LogP contribution in [0, 0.1) is 21.4 Å². The summed E-state index contributed by atoms with van der Waals surface area (Å²) in [6.45, 7) is 0.387. The van der Waals surface area contributed by atoms with Gasteiger partial charge in [0.2, 0.25) is 5.89 Å². The van der Waals surface area contributed by atoms with Crippen LogP contribution in [0.2, 0.25) is 0 Å². The SMILES string of the molecule is N#Cc1cccc(NCCc2ncno2)c1[N+](=O)[O-]. The minimum Gasteiger partial charge on any atom is -0.379 e. The second-order valence-electron chi connectivity index (χ2n) is 3.58. The van der Waals surface area contributed by atoms with Crippen LogP contribution in [0.5, 0.6) is 0 Å². The van der Waals surface area contributed by atoms with E-state index in [4.69, 9.17) is 9.78 Å². The Labute approximate surface area is 107 Å². The molecule has 1 heterocycles. The van der Waals surface area contributed by atoms with Crippen LogP contribution in [-0.2, 0) is 6.42 Å². The number of nitrogens with one attached hydrogen (secondary N) is 1. The molecule has 96 valence electrons. The molecule has 8 heteroatoms. The van der Waals surface area contributed by atoms with Crippen molar-refractivity contribution in [2.24, 2.45) is 0 Å². The molecule has 8 nitrogen and oxygen atoms in total. The second kappa shape index (κ2) is 5.59. The highest BCUT2D eigenvalue weighted by atomic mass is 16.6. The summed E-state index contributed by atoms with van der Waals surface area (Å²) in [7, 11) is 0. The molecule has 2 aromatic rings. The Kier molecular flexibility index (Phi) is 3.68. The van der Waals surface area contributed by atoms with Gasteiger partial charge in [0.1, 0.15) is 17.3 Å². The monoisotopic (exact) mass is 259 g/mol. The van der Waals surface area contributed by atoms with E-state index in [9.17, 15) is 10.1 Å². The molecule has 0 aliphatic rings. The largest absolute Gasteiger partial charge is 0.379 e. The summed E-state index contributed by atoms with van der Waals surface area (Å²) < 4.78 is 4.81. The highest BCUT2D eigenvalue weighted by molar-refractivity contribution is 5.68. The minimum absolute atomic E-state index is 0.0211. The number of nitro benzene ring substituents is 1. The van der Waals surface area contributed by atoms with Crippen molar-refractivity contribution in [1.82, 2.24) is 10.1 Å². The fraction of sp³-hybridized carbons (Fsp3) is 0.182. The van der Waals surface area contributed by atoms with E-state index in [1.54, 1.807) is 18.2 Å². The summed E-state index contributed by atoms with van der Waals surface area (Å²) in [6, 6.07) is 6.34. The van der Waals surface area contributed by atoms with Crippen LogP contribution < -0.4 is 5.32 Å². The Morgan fingerprint density at radius 1 is 1.53 bits per heavy atom. The molecule has 1 aromatic carbocycles. The predicted molar refractivity (Wildman–Crippen MR) is 64.3 cm³/mol. The number of rotatable bonds is 5. The van der Waals surface area contributed by atoms with Crippen molar-refractivity contribution < 1.29 is 9.45 Å². The zero-order valence-corrected chi connectivity index (χ0v) is 9.74. The van der Waals surface area contributed by atoms with Gasteiger partial charge in [0.15, 0.2) is 6.33 Å². The van der Waals surface area contributed by atoms with Crippen molar-refractivity contribution in [3.63, 3.8) is 0 Å². The first-order chi connectivity index (χ1) is 9.22. The van der Waals surface area contributed by atoms with Gasteiger partial charge in [0, 0.05) is 13.0 Å². The number of nitriles is 1. The van der Waals surface area contributed by atoms with Crippen LogP contribution in [0.15, 0.2) is 29.0 Å². The van der Waals surface area contributed by atoms with E-state index in [0.717, 1.165) is 0 Å². The quantitative estimate of drug-likeness (QED) is 0.638. The third-order valence-corrected chi connectivity index (χ3v) is 2.40. The van der Waals surface area contributed by atoms with Crippen molar-refractivity contribution >= 4 is 11.4 Å². The van der Waals surface area contributed by atoms with Gasteiger partial charge in [-0.15, -0.1) is 0 Å². The van der Waals surface area contributed by atoms with E-state index in [1.165, 1.54) is 12.4 Å². The Bertz CT molecular complexity index is 618. The summed E-state index contributed by atoms with van der Waals surface area (Å²) in [5.41, 5.74) is 0.0897. The van der Waals surface area contributed by atoms with Gasteiger partial charge in [-0.05, 0) is 12.1 Å². The number of hydrogen-bond donors (Lipinski definition) is 1. The molecule has 0 bridgehead atoms. The number of nitrogens with zero attached hydrogens (tertiary/aromatic N) is 4. The van der Waals surface area contributed by atoms with Gasteiger partial charge in [-0.3, -0.25) is 10.1 Å². The molecule has 0 atom stereocenters. The van der Waals surface area contributed by atoms with Crippen LogP contribution in [0.25, 0.3) is 0 Å². The Balaban J connectivity index is 2.12. The maximum absolute atomic E-state index is 11.0. The molecule has 0 aliphatic carbocycles. The highest BCUT2D eigenvalue weighted by Crippen LogP contribution is 2.27. The summed E-state index contributed by atoms with van der Waals surface area (Å²) in [4.78, 5) is 14.2. The summed E-state index contributed by atoms with van der Waals surface area (Å²) in [6.07, 6.45) is 1.72. The number of nitro groups is 1. The maximum Gasteiger partial charge on any atom is 0.309 e. The Morgan fingerprint density at radius 3 is 3.00 bits per heavy atom. The number of hydrogen-bond acceptors (Lipinski definition) is 7. The van der Waals surface area contributed by atoms with Gasteiger partial charge in [0.25, 0.3) is 0 Å². The standard InChI is InChI=1S/C11H9N5O3/c12-6-8-2-1-3-9(11(8)16(17)18)13-5-4-10-14-7-15-19-10/h1-3,7,13H,4-5H2. The van der Waals surface area contributed by atoms with E-state index < -0.39 is 4.92 Å². The van der Waals surface area contributed by atoms with Crippen LogP contribution in [-0.4, -0.2) is 21.6 Å². The van der Waals surface area contributed by atoms with Crippen molar-refractivity contribution in [3.05, 3.63) is 46.1 Å². The van der Waals surface area contributed by atoms with E-state index >= 15 is 0 Å². The summed E-state index contributed by atoms with van der Waals surface area (Å²) in [5.74, 6) is 0.437. The first-order valence-corrected chi connectivity index (χ1v) is 5.39. The van der Waals surface area contributed by atoms with Gasteiger partial charge in [0.05, 0.1) is 4.92 Å². The van der Waals surface area contributed by atoms with Crippen molar-refractivity contribution in [2.75, 3.05) is 11.9 Å². The summed E-state index contributed by atoms with van der Waals surface area (Å²) >= 11 is 0. The first-order valence-electron chi connectivity index (χ1n) is 5.39. The lowest BCUT2D eigenvalue weighted by Gasteiger charge is -2.06. The molecule has 0 radical (unpaired) electrons. The molecule has 0 saturated heterocycles. The predicted octanol–water partition coefficient (Wildman–Crippen LogP) is 1.50. The van der Waals surface area contributed by atoms with Crippen LogP contribution in [0.4, 0.5) is 11.4 Å². The maximum atomic E-state index is 11.0. The number of aromatic nitrogens is 2. The summed E-state index contributed by atoms with van der Waals surface area (Å²) in [5, 5.41) is 26.2. The lowest BCUT2D eigenvalue weighted by atomic mass is 10.1. The van der Waals surface area contributed by atoms with E-state index in [1.807, 2.05) is 0 Å². The van der Waals surface area contributed by atoms with Crippen LogP contribution in [0.3, 0.4) is 0 Å². The molecule has 1 aromatic heterocycles. The van der Waals surface area contributed by atoms with Crippen molar-refractivity contribution in [1.29, 1.82) is 5.26 Å². The molecule has 0 saturated carbocycles. The third-order valence-electron chi connectivity index (χ3n) is 2.40. The zero-order valence-electron chi connectivity index (χ0n) is 9.74. The van der Waals surface area contributed by atoms with Gasteiger partial charge < -0.3 is 9.84 Å². The first kappa shape index (κ1) is 12.5. The van der Waals surface area contributed by atoms with Crippen LogP contribution >= 0.6 is 0 Å². The molecule has 1 N–H and O–H groups in total. The highest BCUT2D eigenvalue weighted by Gasteiger charge is 2.19. The smallest absolute Gasteiger partial charge is 0.309 e. The number of anilines is 1. The Hall–Kier alpha value is -2.95. The van der Waals surface area contributed by atoms with Crippen LogP contribution in [0.1, 0.15) is 11.5 Å². The average Bonchev–Trinajstić information content (AvgIpc) is 2.91. The van der Waals surface area contributed by atoms with Crippen molar-refractivity contribution in [3.8, 4) is 6.07 Å². The third kappa shape index (κ3) is 2.84. The average molecular weight is 259 g/mol. The molecule has 0 fully saturated rings. The van der Waals surface area contributed by atoms with E-state index in [2.05, 4.69) is 15.5 Å². The molecule has 0 spiro atoms.